The summed E-state index contributed by atoms with van der Waals surface area (Å²) < 4.78 is 5.22. The molecule has 1 saturated heterocycles. The Kier molecular flexibility index (Phi) is 5.03. The van der Waals surface area contributed by atoms with Gasteiger partial charge in [0.15, 0.2) is 0 Å². The smallest absolute Gasteiger partial charge is 0.377 e. The van der Waals surface area contributed by atoms with Gasteiger partial charge in [-0.3, -0.25) is 4.90 Å². The van der Waals surface area contributed by atoms with Gasteiger partial charge in [-0.1, -0.05) is 12.1 Å². The molecule has 0 aromatic heterocycles. The topological polar surface area (TPSA) is 80.0 Å². The summed E-state index contributed by atoms with van der Waals surface area (Å²) in [6.45, 7) is 4.77. The maximum Gasteiger partial charge on any atom is 0.377 e. The van der Waals surface area contributed by atoms with Gasteiger partial charge in [-0.25, -0.2) is 0 Å². The van der Waals surface area contributed by atoms with Gasteiger partial charge in [-0.05, 0) is 29.5 Å². The second kappa shape index (κ2) is 6.97. The van der Waals surface area contributed by atoms with Crippen LogP contribution in [0, 0.1) is 17.0 Å². The second-order valence-electron chi connectivity index (χ2n) is 4.65. The lowest BCUT2D eigenvalue weighted by Gasteiger charge is -2.24. The lowest BCUT2D eigenvalue weighted by Crippen LogP contribution is -2.41. The first-order valence-electron chi connectivity index (χ1n) is 6.49. The van der Waals surface area contributed by atoms with Crippen molar-refractivity contribution in [2.75, 3.05) is 38.3 Å². The fraction of sp³-hybridized carbons (Fsp3) is 0.462. The van der Waals surface area contributed by atoms with E-state index in [0.717, 1.165) is 11.3 Å². The van der Waals surface area contributed by atoms with E-state index in [-0.39, 0.29) is 12.4 Å². The fourth-order valence-corrected chi connectivity index (χ4v) is 1.94. The molecular weight excluding hydrogens is 260 g/mol. The number of aryl methyl sites for hydroxylation is 1. The van der Waals surface area contributed by atoms with Gasteiger partial charge in [-0.2, -0.15) is 5.43 Å². The van der Waals surface area contributed by atoms with Crippen LogP contribution in [0.25, 0.3) is 0 Å². The second-order valence-corrected chi connectivity index (χ2v) is 4.65. The van der Waals surface area contributed by atoms with E-state index in [4.69, 9.17) is 4.74 Å². The summed E-state index contributed by atoms with van der Waals surface area (Å²) in [6.07, 6.45) is 0. The van der Waals surface area contributed by atoms with Gasteiger partial charge in [0.05, 0.1) is 24.0 Å². The van der Waals surface area contributed by atoms with Crippen LogP contribution in [-0.2, 0) is 4.74 Å². The molecule has 0 unspecified atom stereocenters. The van der Waals surface area contributed by atoms with Crippen LogP contribution in [0.5, 0.6) is 0 Å². The predicted octanol–water partition coefficient (Wildman–Crippen LogP) is 1.33. The number of hydrogen-bond acceptors (Lipinski definition) is 6. The molecule has 7 heteroatoms. The Morgan fingerprint density at radius 1 is 1.50 bits per heavy atom. The molecule has 0 atom stereocenters. The number of hydrazone groups is 1. The van der Waals surface area contributed by atoms with Crippen molar-refractivity contribution in [3.63, 3.8) is 0 Å². The number of rotatable bonds is 4. The minimum Gasteiger partial charge on any atom is -0.379 e. The van der Waals surface area contributed by atoms with E-state index in [1.165, 1.54) is 0 Å². The van der Waals surface area contributed by atoms with Crippen LogP contribution >= 0.6 is 0 Å². The molecule has 20 heavy (non-hydrogen) atoms. The van der Waals surface area contributed by atoms with Crippen LogP contribution in [0.2, 0.25) is 0 Å². The van der Waals surface area contributed by atoms with E-state index in [1.54, 1.807) is 0 Å². The summed E-state index contributed by atoms with van der Waals surface area (Å²) in [5, 5.41) is 15.0. The van der Waals surface area contributed by atoms with Crippen LogP contribution in [0.3, 0.4) is 0 Å². The van der Waals surface area contributed by atoms with Crippen molar-refractivity contribution >= 4 is 11.5 Å². The number of anilines is 1. The molecule has 0 saturated carbocycles. The maximum atomic E-state index is 11.0. The van der Waals surface area contributed by atoms with Crippen LogP contribution in [-0.4, -0.2) is 48.5 Å². The molecule has 2 rings (SSSR count). The molecule has 0 aliphatic carbocycles. The molecule has 1 fully saturated rings. The number of amidine groups is 1. The molecule has 1 aliphatic rings. The van der Waals surface area contributed by atoms with Crippen molar-refractivity contribution in [3.8, 4) is 0 Å². The number of benzene rings is 1. The SMILES string of the molecule is Cc1cccc(N/N=C(\CN2CCOCC2)[N+](=O)[O-])c1. The summed E-state index contributed by atoms with van der Waals surface area (Å²) in [5.74, 6) is -0.0894. The van der Waals surface area contributed by atoms with Crippen LogP contribution in [0.15, 0.2) is 29.4 Å². The Hall–Kier alpha value is -1.99. The molecule has 0 spiro atoms. The first-order chi connectivity index (χ1) is 9.65. The summed E-state index contributed by atoms with van der Waals surface area (Å²) in [5.41, 5.74) is 4.56. The van der Waals surface area contributed by atoms with E-state index >= 15 is 0 Å². The van der Waals surface area contributed by atoms with Gasteiger partial charge in [-0.15, -0.1) is 0 Å². The fourth-order valence-electron chi connectivity index (χ4n) is 1.94. The highest BCUT2D eigenvalue weighted by Crippen LogP contribution is 2.09. The standard InChI is InChI=1S/C13H18N4O3/c1-11-3-2-4-12(9-11)14-15-13(17(18)19)10-16-5-7-20-8-6-16/h2-4,9,14H,5-8,10H2,1H3/b15-13+. The lowest BCUT2D eigenvalue weighted by atomic mass is 10.2. The van der Waals surface area contributed by atoms with Crippen molar-refractivity contribution < 1.29 is 9.66 Å². The molecule has 1 aromatic rings. The lowest BCUT2D eigenvalue weighted by molar-refractivity contribution is -0.353. The normalized spacial score (nSPS) is 16.9. The van der Waals surface area contributed by atoms with E-state index < -0.39 is 4.92 Å². The molecule has 0 amide bonds. The van der Waals surface area contributed by atoms with Crippen molar-refractivity contribution in [1.82, 2.24) is 4.90 Å². The van der Waals surface area contributed by atoms with Crippen molar-refractivity contribution in [2.24, 2.45) is 5.10 Å². The van der Waals surface area contributed by atoms with Crippen molar-refractivity contribution in [3.05, 3.63) is 39.9 Å². The average Bonchev–Trinajstić information content (AvgIpc) is 2.44. The van der Waals surface area contributed by atoms with Gasteiger partial charge < -0.3 is 14.9 Å². The van der Waals surface area contributed by atoms with Crippen LogP contribution in [0.4, 0.5) is 5.69 Å². The molecule has 0 radical (unpaired) electrons. The molecule has 1 heterocycles. The van der Waals surface area contributed by atoms with Gasteiger partial charge in [0, 0.05) is 13.1 Å². The van der Waals surface area contributed by atoms with Gasteiger partial charge >= 0.3 is 5.84 Å². The Balaban J connectivity index is 2.00. The monoisotopic (exact) mass is 278 g/mol. The van der Waals surface area contributed by atoms with Crippen LogP contribution < -0.4 is 5.43 Å². The summed E-state index contributed by atoms with van der Waals surface area (Å²) in [7, 11) is 0. The van der Waals surface area contributed by atoms with E-state index in [1.807, 2.05) is 36.1 Å². The van der Waals surface area contributed by atoms with Gasteiger partial charge in [0.1, 0.15) is 6.54 Å². The molecule has 108 valence electrons. The number of ether oxygens (including phenoxy) is 1. The Bertz CT molecular complexity index is 498. The summed E-state index contributed by atoms with van der Waals surface area (Å²) in [6, 6.07) is 7.54. The first kappa shape index (κ1) is 14.4. The Morgan fingerprint density at radius 2 is 2.25 bits per heavy atom. The highest BCUT2D eigenvalue weighted by Gasteiger charge is 2.20. The Labute approximate surface area is 117 Å². The molecule has 1 aromatic carbocycles. The molecule has 7 nitrogen and oxygen atoms in total. The average molecular weight is 278 g/mol. The highest BCUT2D eigenvalue weighted by atomic mass is 16.6. The predicted molar refractivity (Wildman–Crippen MR) is 76.5 cm³/mol. The highest BCUT2D eigenvalue weighted by molar-refractivity contribution is 5.77. The summed E-state index contributed by atoms with van der Waals surface area (Å²) >= 11 is 0. The number of nitro groups is 1. The van der Waals surface area contributed by atoms with Crippen LogP contribution in [0.1, 0.15) is 5.56 Å². The minimum absolute atomic E-state index is 0.0894. The third kappa shape index (κ3) is 4.29. The van der Waals surface area contributed by atoms with E-state index in [2.05, 4.69) is 10.5 Å². The van der Waals surface area contributed by atoms with Crippen molar-refractivity contribution in [1.29, 1.82) is 0 Å². The number of nitrogens with one attached hydrogen (secondary N) is 1. The van der Waals surface area contributed by atoms with Crippen molar-refractivity contribution in [2.45, 2.75) is 6.92 Å². The third-order valence-electron chi connectivity index (χ3n) is 3.01. The molecular formula is C13H18N4O3. The van der Waals surface area contributed by atoms with Gasteiger partial charge in [0.2, 0.25) is 0 Å². The molecule has 0 bridgehead atoms. The van der Waals surface area contributed by atoms with Gasteiger partial charge in [0.25, 0.3) is 0 Å². The number of morpholine rings is 1. The summed E-state index contributed by atoms with van der Waals surface area (Å²) in [4.78, 5) is 12.6. The number of hydrogen-bond donors (Lipinski definition) is 1. The first-order valence-corrected chi connectivity index (χ1v) is 6.49. The number of nitrogens with zero attached hydrogens (tertiary/aromatic N) is 3. The minimum atomic E-state index is -0.446. The zero-order valence-corrected chi connectivity index (χ0v) is 11.4. The Morgan fingerprint density at radius 3 is 2.90 bits per heavy atom. The largest absolute Gasteiger partial charge is 0.379 e. The maximum absolute atomic E-state index is 11.0. The quantitative estimate of drug-likeness (QED) is 0.389. The molecule has 1 aliphatic heterocycles. The van der Waals surface area contributed by atoms with E-state index in [0.29, 0.717) is 26.3 Å². The van der Waals surface area contributed by atoms with E-state index in [9.17, 15) is 10.1 Å². The molecule has 1 N–H and O–H groups in total. The third-order valence-corrected chi connectivity index (χ3v) is 3.01. The zero-order valence-electron chi connectivity index (χ0n) is 11.4. The zero-order chi connectivity index (χ0) is 14.4.